The Morgan fingerprint density at radius 2 is 2.36 bits per heavy atom. The first-order valence-corrected chi connectivity index (χ1v) is 4.39. The molecule has 0 unspecified atom stereocenters. The molecular weight excluding hydrogens is 181 g/mol. The number of halogens is 1. The predicted molar refractivity (Wildman–Crippen MR) is 54.7 cm³/mol. The van der Waals surface area contributed by atoms with Gasteiger partial charge in [-0.3, -0.25) is 0 Å². The second-order valence-corrected chi connectivity index (χ2v) is 3.02. The lowest BCUT2D eigenvalue weighted by Crippen LogP contribution is -2.09. The van der Waals surface area contributed by atoms with Crippen LogP contribution in [0.5, 0.6) is 5.75 Å². The van der Waals surface area contributed by atoms with Crippen LogP contribution >= 0.6 is 0 Å². The quantitative estimate of drug-likeness (QED) is 0.749. The monoisotopic (exact) mass is 195 g/mol. The van der Waals surface area contributed by atoms with Crippen molar-refractivity contribution in [3.05, 3.63) is 42.2 Å². The predicted octanol–water partition coefficient (Wildman–Crippen LogP) is 2.41. The number of benzene rings is 1. The Kier molecular flexibility index (Phi) is 3.65. The van der Waals surface area contributed by atoms with Gasteiger partial charge >= 0.3 is 0 Å². The van der Waals surface area contributed by atoms with Crippen LogP contribution in [-0.2, 0) is 0 Å². The molecule has 1 rings (SSSR count). The first kappa shape index (κ1) is 10.7. The van der Waals surface area contributed by atoms with Gasteiger partial charge in [-0.1, -0.05) is 12.1 Å². The van der Waals surface area contributed by atoms with Crippen LogP contribution in [0.25, 0.3) is 0 Å². The number of hydrogen-bond donors (Lipinski definition) is 1. The van der Waals surface area contributed by atoms with Crippen LogP contribution in [0.4, 0.5) is 4.39 Å². The Balaban J connectivity index is 2.93. The summed E-state index contributed by atoms with van der Waals surface area (Å²) in [5.41, 5.74) is 6.68. The van der Waals surface area contributed by atoms with E-state index < -0.39 is 0 Å². The van der Waals surface area contributed by atoms with Crippen LogP contribution in [0.2, 0.25) is 0 Å². The van der Waals surface area contributed by atoms with E-state index in [0.717, 1.165) is 5.56 Å². The molecule has 14 heavy (non-hydrogen) atoms. The summed E-state index contributed by atoms with van der Waals surface area (Å²) in [6.45, 7) is 3.60. The number of ether oxygens (including phenoxy) is 1. The van der Waals surface area contributed by atoms with Crippen molar-refractivity contribution in [1.29, 1.82) is 0 Å². The molecule has 0 heterocycles. The molecule has 2 N–H and O–H groups in total. The number of rotatable bonds is 4. The highest BCUT2D eigenvalue weighted by Gasteiger charge is 2.08. The molecule has 3 heteroatoms. The van der Waals surface area contributed by atoms with Crippen LogP contribution in [0.15, 0.2) is 30.9 Å². The van der Waals surface area contributed by atoms with Crippen molar-refractivity contribution in [3.63, 3.8) is 0 Å². The Labute approximate surface area is 83.2 Å². The number of hydrogen-bond acceptors (Lipinski definition) is 2. The minimum Gasteiger partial charge on any atom is -0.494 e. The molecule has 76 valence electrons. The standard InChI is InChI=1S/C11H14FNO/c1-3-4-10(13)8-5-6-9(12)11(7-8)14-2/h3,5-7,10H,1,4,13H2,2H3/t10-/m0/s1. The molecule has 0 aliphatic heterocycles. The van der Waals surface area contributed by atoms with Crippen LogP contribution in [-0.4, -0.2) is 7.11 Å². The molecule has 0 amide bonds. The summed E-state index contributed by atoms with van der Waals surface area (Å²) >= 11 is 0. The van der Waals surface area contributed by atoms with Gasteiger partial charge < -0.3 is 10.5 Å². The Bertz CT molecular complexity index is 325. The Hall–Kier alpha value is -1.35. The highest BCUT2D eigenvalue weighted by molar-refractivity contribution is 5.32. The van der Waals surface area contributed by atoms with Crippen molar-refractivity contribution in [3.8, 4) is 5.75 Å². The van der Waals surface area contributed by atoms with Crippen molar-refractivity contribution in [1.82, 2.24) is 0 Å². The third kappa shape index (κ3) is 2.33. The Morgan fingerprint density at radius 3 is 2.93 bits per heavy atom. The van der Waals surface area contributed by atoms with Crippen LogP contribution in [0.3, 0.4) is 0 Å². The normalized spacial score (nSPS) is 12.2. The van der Waals surface area contributed by atoms with Crippen molar-refractivity contribution < 1.29 is 9.13 Å². The van der Waals surface area contributed by atoms with Gasteiger partial charge in [-0.05, 0) is 24.1 Å². The molecule has 0 fully saturated rings. The molecular formula is C11H14FNO. The van der Waals surface area contributed by atoms with Gasteiger partial charge in [0.25, 0.3) is 0 Å². The van der Waals surface area contributed by atoms with E-state index >= 15 is 0 Å². The largest absolute Gasteiger partial charge is 0.494 e. The fourth-order valence-corrected chi connectivity index (χ4v) is 1.22. The van der Waals surface area contributed by atoms with E-state index in [4.69, 9.17) is 10.5 Å². The van der Waals surface area contributed by atoms with Crippen LogP contribution in [0.1, 0.15) is 18.0 Å². The van der Waals surface area contributed by atoms with Crippen molar-refractivity contribution >= 4 is 0 Å². The maximum atomic E-state index is 13.0. The summed E-state index contributed by atoms with van der Waals surface area (Å²) in [4.78, 5) is 0. The van der Waals surface area contributed by atoms with E-state index in [0.29, 0.717) is 6.42 Å². The third-order valence-corrected chi connectivity index (χ3v) is 2.02. The van der Waals surface area contributed by atoms with E-state index in [-0.39, 0.29) is 17.6 Å². The van der Waals surface area contributed by atoms with E-state index in [1.807, 2.05) is 0 Å². The first-order chi connectivity index (χ1) is 6.69. The lowest BCUT2D eigenvalue weighted by Gasteiger charge is -2.11. The van der Waals surface area contributed by atoms with Gasteiger partial charge in [0, 0.05) is 6.04 Å². The zero-order valence-corrected chi connectivity index (χ0v) is 8.16. The smallest absolute Gasteiger partial charge is 0.165 e. The lowest BCUT2D eigenvalue weighted by atomic mass is 10.0. The molecule has 0 bridgehead atoms. The fourth-order valence-electron chi connectivity index (χ4n) is 1.22. The first-order valence-electron chi connectivity index (χ1n) is 4.39. The van der Waals surface area contributed by atoms with E-state index in [1.54, 1.807) is 18.2 Å². The van der Waals surface area contributed by atoms with Crippen molar-refractivity contribution in [2.45, 2.75) is 12.5 Å². The molecule has 0 saturated carbocycles. The molecule has 0 aliphatic carbocycles. The highest BCUT2D eigenvalue weighted by Crippen LogP contribution is 2.22. The van der Waals surface area contributed by atoms with Gasteiger partial charge in [0.05, 0.1) is 7.11 Å². The molecule has 1 aromatic carbocycles. The maximum Gasteiger partial charge on any atom is 0.165 e. The SMILES string of the molecule is C=CC[C@H](N)c1ccc(F)c(OC)c1. The molecule has 0 spiro atoms. The van der Waals surface area contributed by atoms with Gasteiger partial charge in [0.2, 0.25) is 0 Å². The summed E-state index contributed by atoms with van der Waals surface area (Å²) < 4.78 is 17.9. The zero-order valence-electron chi connectivity index (χ0n) is 8.16. The highest BCUT2D eigenvalue weighted by atomic mass is 19.1. The fraction of sp³-hybridized carbons (Fsp3) is 0.273. The summed E-state index contributed by atoms with van der Waals surface area (Å²) in [5, 5.41) is 0. The van der Waals surface area contributed by atoms with Gasteiger partial charge in [0.1, 0.15) is 0 Å². The lowest BCUT2D eigenvalue weighted by molar-refractivity contribution is 0.385. The second-order valence-electron chi connectivity index (χ2n) is 3.02. The Morgan fingerprint density at radius 1 is 1.64 bits per heavy atom. The number of nitrogens with two attached hydrogens (primary N) is 1. The zero-order chi connectivity index (χ0) is 10.6. The number of methoxy groups -OCH3 is 1. The van der Waals surface area contributed by atoms with Gasteiger partial charge in [-0.25, -0.2) is 4.39 Å². The van der Waals surface area contributed by atoms with Crippen LogP contribution in [0, 0.1) is 5.82 Å². The summed E-state index contributed by atoms with van der Waals surface area (Å²) in [6.07, 6.45) is 2.40. The second kappa shape index (κ2) is 4.77. The maximum absolute atomic E-state index is 13.0. The molecule has 0 radical (unpaired) electrons. The van der Waals surface area contributed by atoms with Gasteiger partial charge in [0.15, 0.2) is 11.6 Å². The van der Waals surface area contributed by atoms with E-state index in [2.05, 4.69) is 6.58 Å². The minimum atomic E-state index is -0.373. The van der Waals surface area contributed by atoms with Gasteiger partial charge in [-0.2, -0.15) is 0 Å². The van der Waals surface area contributed by atoms with Crippen molar-refractivity contribution in [2.24, 2.45) is 5.73 Å². The molecule has 0 aromatic heterocycles. The molecule has 2 nitrogen and oxygen atoms in total. The van der Waals surface area contributed by atoms with Crippen LogP contribution < -0.4 is 10.5 Å². The summed E-state index contributed by atoms with van der Waals surface area (Å²) in [7, 11) is 1.43. The summed E-state index contributed by atoms with van der Waals surface area (Å²) in [5.74, 6) is -0.149. The topological polar surface area (TPSA) is 35.2 Å². The van der Waals surface area contributed by atoms with Crippen molar-refractivity contribution in [2.75, 3.05) is 7.11 Å². The summed E-state index contributed by atoms with van der Waals surface area (Å²) in [6, 6.07) is 4.48. The average Bonchev–Trinajstić information content (AvgIpc) is 2.19. The van der Waals surface area contributed by atoms with E-state index in [9.17, 15) is 4.39 Å². The molecule has 0 aliphatic rings. The van der Waals surface area contributed by atoms with Gasteiger partial charge in [-0.15, -0.1) is 6.58 Å². The van der Waals surface area contributed by atoms with E-state index in [1.165, 1.54) is 13.2 Å². The third-order valence-electron chi connectivity index (χ3n) is 2.02. The average molecular weight is 195 g/mol. The molecule has 0 saturated heterocycles. The molecule has 1 atom stereocenters. The molecule has 1 aromatic rings. The minimum absolute atomic E-state index is 0.151.